The van der Waals surface area contributed by atoms with Gasteiger partial charge in [0.05, 0.1) is 6.10 Å². The molecule has 0 radical (unpaired) electrons. The van der Waals surface area contributed by atoms with Gasteiger partial charge < -0.3 is 10.2 Å². The molecule has 0 fully saturated rings. The van der Waals surface area contributed by atoms with Gasteiger partial charge in [0.15, 0.2) is 0 Å². The second-order valence-electron chi connectivity index (χ2n) is 3.07. The highest BCUT2D eigenvalue weighted by atomic mass is 16.3. The largest absolute Gasteiger partial charge is 0.396 e. The van der Waals surface area contributed by atoms with Crippen LogP contribution in [0, 0.1) is 11.8 Å². The van der Waals surface area contributed by atoms with E-state index < -0.39 is 0 Å². The third-order valence-electron chi connectivity index (χ3n) is 1.98. The molecule has 0 spiro atoms. The third-order valence-corrected chi connectivity index (χ3v) is 1.98. The lowest BCUT2D eigenvalue weighted by Crippen LogP contribution is -2.27. The van der Waals surface area contributed by atoms with Crippen LogP contribution >= 0.6 is 0 Å². The van der Waals surface area contributed by atoms with Crippen molar-refractivity contribution < 1.29 is 10.2 Å². The van der Waals surface area contributed by atoms with Crippen LogP contribution in [-0.2, 0) is 0 Å². The minimum absolute atomic E-state index is 0.0463. The average molecular weight is 146 g/mol. The van der Waals surface area contributed by atoms with Crippen molar-refractivity contribution in [3.8, 4) is 0 Å². The molecule has 2 nitrogen and oxygen atoms in total. The van der Waals surface area contributed by atoms with Crippen molar-refractivity contribution in [2.45, 2.75) is 33.3 Å². The summed E-state index contributed by atoms with van der Waals surface area (Å²) in [6.07, 6.45) is 0.383. The van der Waals surface area contributed by atoms with Crippen LogP contribution in [0.4, 0.5) is 0 Å². The van der Waals surface area contributed by atoms with E-state index >= 15 is 0 Å². The van der Waals surface area contributed by atoms with E-state index in [1.54, 1.807) is 0 Å². The maximum Gasteiger partial charge on any atom is 0.0590 e. The summed E-state index contributed by atoms with van der Waals surface area (Å²) < 4.78 is 0. The van der Waals surface area contributed by atoms with Crippen molar-refractivity contribution in [1.82, 2.24) is 0 Å². The van der Waals surface area contributed by atoms with Crippen molar-refractivity contribution in [2.75, 3.05) is 6.61 Å². The minimum atomic E-state index is -0.343. The second-order valence-corrected chi connectivity index (χ2v) is 3.07. The average Bonchev–Trinajstić information content (AvgIpc) is 1.88. The maximum absolute atomic E-state index is 9.33. The summed E-state index contributed by atoms with van der Waals surface area (Å²) in [4.78, 5) is 0. The number of rotatable bonds is 4. The molecular weight excluding hydrogens is 128 g/mol. The van der Waals surface area contributed by atoms with Crippen LogP contribution in [0.25, 0.3) is 0 Å². The Kier molecular flexibility index (Phi) is 4.65. The smallest absolute Gasteiger partial charge is 0.0590 e. The zero-order valence-corrected chi connectivity index (χ0v) is 7.04. The topological polar surface area (TPSA) is 40.5 Å². The summed E-state index contributed by atoms with van der Waals surface area (Å²) in [6.45, 7) is 6.04. The molecule has 0 aromatic heterocycles. The maximum atomic E-state index is 9.33. The fraction of sp³-hybridized carbons (Fsp3) is 1.00. The molecular formula is C8H18O2. The van der Waals surface area contributed by atoms with Gasteiger partial charge in [-0.3, -0.25) is 0 Å². The zero-order valence-electron chi connectivity index (χ0n) is 7.04. The molecule has 0 amide bonds. The molecule has 0 rings (SSSR count). The van der Waals surface area contributed by atoms with Crippen molar-refractivity contribution in [3.63, 3.8) is 0 Å². The molecule has 2 heteroatoms. The number of hydrogen-bond acceptors (Lipinski definition) is 2. The van der Waals surface area contributed by atoms with E-state index in [4.69, 9.17) is 5.11 Å². The van der Waals surface area contributed by atoms with Crippen LogP contribution in [0.5, 0.6) is 0 Å². The molecule has 0 aliphatic heterocycles. The van der Waals surface area contributed by atoms with E-state index in [9.17, 15) is 5.11 Å². The van der Waals surface area contributed by atoms with E-state index in [0.717, 1.165) is 6.42 Å². The summed E-state index contributed by atoms with van der Waals surface area (Å²) in [5, 5.41) is 18.2. The van der Waals surface area contributed by atoms with E-state index in [1.807, 2.05) is 20.8 Å². The van der Waals surface area contributed by atoms with Crippen LogP contribution in [0.15, 0.2) is 0 Å². The van der Waals surface area contributed by atoms with Gasteiger partial charge in [0.1, 0.15) is 0 Å². The number of aliphatic hydroxyl groups is 2. The van der Waals surface area contributed by atoms with Crippen LogP contribution in [-0.4, -0.2) is 22.9 Å². The highest BCUT2D eigenvalue weighted by Gasteiger charge is 2.19. The van der Waals surface area contributed by atoms with Crippen molar-refractivity contribution in [1.29, 1.82) is 0 Å². The van der Waals surface area contributed by atoms with Crippen molar-refractivity contribution in [3.05, 3.63) is 0 Å². The fourth-order valence-electron chi connectivity index (χ4n) is 1.08. The van der Waals surface area contributed by atoms with Gasteiger partial charge in [-0.25, -0.2) is 0 Å². The fourth-order valence-corrected chi connectivity index (χ4v) is 1.08. The van der Waals surface area contributed by atoms with E-state index in [2.05, 4.69) is 0 Å². The van der Waals surface area contributed by atoms with Gasteiger partial charge in [-0.05, 0) is 12.3 Å². The predicted octanol–water partition coefficient (Wildman–Crippen LogP) is 1.02. The summed E-state index contributed by atoms with van der Waals surface area (Å²) in [5.74, 6) is 0.407. The predicted molar refractivity (Wildman–Crippen MR) is 41.7 cm³/mol. The molecule has 0 saturated heterocycles. The molecule has 2 unspecified atom stereocenters. The molecule has 2 atom stereocenters. The quantitative estimate of drug-likeness (QED) is 0.621. The van der Waals surface area contributed by atoms with Gasteiger partial charge in [-0.1, -0.05) is 20.8 Å². The van der Waals surface area contributed by atoms with Gasteiger partial charge in [0, 0.05) is 12.5 Å². The lowest BCUT2D eigenvalue weighted by molar-refractivity contribution is 0.0393. The normalized spacial score (nSPS) is 17.4. The lowest BCUT2D eigenvalue weighted by atomic mass is 9.90. The Morgan fingerprint density at radius 3 is 1.90 bits per heavy atom. The molecule has 0 heterocycles. The minimum Gasteiger partial charge on any atom is -0.396 e. The molecule has 0 saturated carbocycles. The molecule has 0 aliphatic rings. The van der Waals surface area contributed by atoms with Gasteiger partial charge in [-0.2, -0.15) is 0 Å². The molecule has 0 aromatic rings. The van der Waals surface area contributed by atoms with Crippen LogP contribution in [0.2, 0.25) is 0 Å². The summed E-state index contributed by atoms with van der Waals surface area (Å²) in [5.41, 5.74) is 0. The van der Waals surface area contributed by atoms with Crippen LogP contribution in [0.3, 0.4) is 0 Å². The number of aliphatic hydroxyl groups excluding tert-OH is 2. The summed E-state index contributed by atoms with van der Waals surface area (Å²) in [6, 6.07) is 0. The molecule has 0 aromatic carbocycles. The van der Waals surface area contributed by atoms with E-state index in [-0.39, 0.29) is 18.6 Å². The zero-order chi connectivity index (χ0) is 8.15. The standard InChI is InChI=1S/C8H18O2/c1-4-8(10)7(5-9)6(2)3/h6-10H,4-5H2,1-3H3. The van der Waals surface area contributed by atoms with Crippen molar-refractivity contribution >= 4 is 0 Å². The van der Waals surface area contributed by atoms with Crippen molar-refractivity contribution in [2.24, 2.45) is 11.8 Å². The number of hydrogen-bond donors (Lipinski definition) is 2. The first kappa shape index (κ1) is 9.92. The third kappa shape index (κ3) is 2.67. The summed E-state index contributed by atoms with van der Waals surface area (Å²) in [7, 11) is 0. The highest BCUT2D eigenvalue weighted by Crippen LogP contribution is 2.16. The van der Waals surface area contributed by atoms with E-state index in [0.29, 0.717) is 5.92 Å². The highest BCUT2D eigenvalue weighted by molar-refractivity contribution is 4.69. The lowest BCUT2D eigenvalue weighted by Gasteiger charge is -2.22. The Bertz CT molecular complexity index is 81.3. The van der Waals surface area contributed by atoms with Gasteiger partial charge in [-0.15, -0.1) is 0 Å². The molecule has 0 aliphatic carbocycles. The molecule has 10 heavy (non-hydrogen) atoms. The van der Waals surface area contributed by atoms with Gasteiger partial charge in [0.25, 0.3) is 0 Å². The van der Waals surface area contributed by atoms with Crippen LogP contribution < -0.4 is 0 Å². The Hall–Kier alpha value is -0.0800. The van der Waals surface area contributed by atoms with Gasteiger partial charge >= 0.3 is 0 Å². The molecule has 0 bridgehead atoms. The first-order chi connectivity index (χ1) is 4.63. The monoisotopic (exact) mass is 146 g/mol. The Morgan fingerprint density at radius 1 is 1.30 bits per heavy atom. The molecule has 62 valence electrons. The second kappa shape index (κ2) is 4.69. The summed E-state index contributed by atoms with van der Waals surface area (Å²) >= 11 is 0. The molecule has 2 N–H and O–H groups in total. The Balaban J connectivity index is 3.80. The Morgan fingerprint density at radius 2 is 1.80 bits per heavy atom. The van der Waals surface area contributed by atoms with E-state index in [1.165, 1.54) is 0 Å². The SMILES string of the molecule is CCC(O)C(CO)C(C)C. The van der Waals surface area contributed by atoms with Crippen LogP contribution in [0.1, 0.15) is 27.2 Å². The first-order valence-electron chi connectivity index (χ1n) is 3.92. The first-order valence-corrected chi connectivity index (χ1v) is 3.92. The van der Waals surface area contributed by atoms with Gasteiger partial charge in [0.2, 0.25) is 0 Å². The Labute approximate surface area is 62.9 Å².